The van der Waals surface area contributed by atoms with Crippen molar-refractivity contribution in [3.8, 4) is 11.5 Å². The van der Waals surface area contributed by atoms with Crippen molar-refractivity contribution in [2.45, 2.75) is 26.5 Å². The summed E-state index contributed by atoms with van der Waals surface area (Å²) in [5.74, 6) is 1.06. The highest BCUT2D eigenvalue weighted by atomic mass is 35.5. The maximum atomic E-state index is 11.8. The van der Waals surface area contributed by atoms with E-state index in [1.165, 1.54) is 6.08 Å². The Morgan fingerprint density at radius 2 is 2.33 bits per heavy atom. The lowest BCUT2D eigenvalue weighted by Crippen LogP contribution is -2.09. The third-order valence-electron chi connectivity index (χ3n) is 3.25. The van der Waals surface area contributed by atoms with E-state index in [1.807, 2.05) is 6.92 Å². The van der Waals surface area contributed by atoms with Gasteiger partial charge in [0.15, 0.2) is 23.9 Å². The number of benzene rings is 1. The van der Waals surface area contributed by atoms with Crippen LogP contribution in [0.25, 0.3) is 6.08 Å². The van der Waals surface area contributed by atoms with Crippen LogP contribution in [0.2, 0.25) is 5.02 Å². The molecule has 0 N–H and O–H groups in total. The van der Waals surface area contributed by atoms with Gasteiger partial charge in [-0.05, 0) is 40.6 Å². The highest BCUT2D eigenvalue weighted by Gasteiger charge is 2.17. The lowest BCUT2D eigenvalue weighted by molar-refractivity contribution is -0.139. The largest absolute Gasteiger partial charge is 0.454 e. The van der Waals surface area contributed by atoms with E-state index >= 15 is 0 Å². The summed E-state index contributed by atoms with van der Waals surface area (Å²) in [6.45, 7) is 2.83. The van der Waals surface area contributed by atoms with Gasteiger partial charge in [-0.3, -0.25) is 0 Å². The molecule has 0 atom stereocenters. The number of ether oxygens (including phenoxy) is 3. The standard InChI is InChI=1S/C15H15ClN4O4/c1-2-5-20-13(17-18-19-20)8-22-14(21)4-3-10-6-11(16)15-12(7-10)23-9-24-15/h3-4,6-7H,2,5,8-9H2,1H3/b4-3+. The predicted octanol–water partition coefficient (Wildman–Crippen LogP) is 2.22. The van der Waals surface area contributed by atoms with Crippen molar-refractivity contribution in [3.63, 3.8) is 0 Å². The number of aryl methyl sites for hydroxylation is 1. The Bertz CT molecular complexity index is 775. The Hall–Kier alpha value is -2.61. The fourth-order valence-electron chi connectivity index (χ4n) is 2.14. The molecule has 0 spiro atoms. The summed E-state index contributed by atoms with van der Waals surface area (Å²) in [7, 11) is 0. The molecule has 0 fully saturated rings. The summed E-state index contributed by atoms with van der Waals surface area (Å²) >= 11 is 6.09. The first-order chi connectivity index (χ1) is 11.7. The predicted molar refractivity (Wildman–Crippen MR) is 84.5 cm³/mol. The zero-order valence-electron chi connectivity index (χ0n) is 12.9. The SMILES string of the molecule is CCCn1nnnc1COC(=O)/C=C/c1cc(Cl)c2c(c1)OCO2. The van der Waals surface area contributed by atoms with E-state index in [-0.39, 0.29) is 13.4 Å². The van der Waals surface area contributed by atoms with Gasteiger partial charge in [0, 0.05) is 12.6 Å². The van der Waals surface area contributed by atoms with Crippen LogP contribution in [0, 0.1) is 0 Å². The minimum absolute atomic E-state index is 0.0120. The molecule has 0 aliphatic carbocycles. The van der Waals surface area contributed by atoms with E-state index in [0.29, 0.717) is 34.5 Å². The Kier molecular flexibility index (Phi) is 4.95. The Morgan fingerprint density at radius 1 is 1.46 bits per heavy atom. The molecule has 0 saturated heterocycles. The Morgan fingerprint density at radius 3 is 3.17 bits per heavy atom. The van der Waals surface area contributed by atoms with E-state index in [0.717, 1.165) is 6.42 Å². The van der Waals surface area contributed by atoms with Gasteiger partial charge in [0.05, 0.1) is 5.02 Å². The fourth-order valence-corrected chi connectivity index (χ4v) is 2.42. The molecule has 2 aromatic rings. The summed E-state index contributed by atoms with van der Waals surface area (Å²) in [6, 6.07) is 3.42. The summed E-state index contributed by atoms with van der Waals surface area (Å²) in [4.78, 5) is 11.8. The van der Waals surface area contributed by atoms with Crippen molar-refractivity contribution in [1.29, 1.82) is 0 Å². The van der Waals surface area contributed by atoms with Gasteiger partial charge in [-0.25, -0.2) is 9.48 Å². The number of carbonyl (C=O) groups excluding carboxylic acids is 1. The summed E-state index contributed by atoms with van der Waals surface area (Å²) in [5.41, 5.74) is 0.706. The minimum atomic E-state index is -0.505. The number of esters is 1. The van der Waals surface area contributed by atoms with Crippen molar-refractivity contribution in [1.82, 2.24) is 20.2 Å². The van der Waals surface area contributed by atoms with E-state index < -0.39 is 5.97 Å². The smallest absolute Gasteiger partial charge is 0.331 e. The van der Waals surface area contributed by atoms with E-state index in [2.05, 4.69) is 15.5 Å². The van der Waals surface area contributed by atoms with Gasteiger partial charge >= 0.3 is 5.97 Å². The number of rotatable bonds is 6. The van der Waals surface area contributed by atoms with Crippen LogP contribution in [0.1, 0.15) is 24.7 Å². The second kappa shape index (κ2) is 7.31. The molecular weight excluding hydrogens is 336 g/mol. The monoisotopic (exact) mass is 350 g/mol. The summed E-state index contributed by atoms with van der Waals surface area (Å²) in [5, 5.41) is 11.7. The first-order valence-electron chi connectivity index (χ1n) is 7.36. The van der Waals surface area contributed by atoms with Crippen molar-refractivity contribution < 1.29 is 19.0 Å². The molecule has 2 heterocycles. The third kappa shape index (κ3) is 3.65. The van der Waals surface area contributed by atoms with E-state index in [1.54, 1.807) is 22.9 Å². The number of nitrogens with zero attached hydrogens (tertiary/aromatic N) is 4. The highest BCUT2D eigenvalue weighted by molar-refractivity contribution is 6.32. The van der Waals surface area contributed by atoms with Crippen molar-refractivity contribution in [2.24, 2.45) is 0 Å². The molecule has 0 bridgehead atoms. The van der Waals surface area contributed by atoms with Crippen LogP contribution in [-0.2, 0) is 22.7 Å². The molecule has 3 rings (SSSR count). The first-order valence-corrected chi connectivity index (χ1v) is 7.74. The van der Waals surface area contributed by atoms with Gasteiger partial charge in [0.25, 0.3) is 0 Å². The van der Waals surface area contributed by atoms with Gasteiger partial charge in [-0.2, -0.15) is 0 Å². The van der Waals surface area contributed by atoms with Crippen LogP contribution < -0.4 is 9.47 Å². The quantitative estimate of drug-likeness (QED) is 0.583. The van der Waals surface area contributed by atoms with Crippen LogP contribution >= 0.6 is 11.6 Å². The maximum absolute atomic E-state index is 11.8. The molecule has 1 aromatic carbocycles. The number of carbonyl (C=O) groups is 1. The number of hydrogen-bond acceptors (Lipinski definition) is 7. The molecule has 9 heteroatoms. The van der Waals surface area contributed by atoms with Gasteiger partial charge < -0.3 is 14.2 Å². The van der Waals surface area contributed by atoms with Crippen molar-refractivity contribution in [3.05, 3.63) is 34.6 Å². The Balaban J connectivity index is 1.60. The van der Waals surface area contributed by atoms with Crippen LogP contribution in [-0.4, -0.2) is 33.0 Å². The minimum Gasteiger partial charge on any atom is -0.454 e. The molecule has 0 amide bonds. The molecule has 126 valence electrons. The van der Waals surface area contributed by atoms with Gasteiger partial charge in [-0.1, -0.05) is 18.5 Å². The number of hydrogen-bond donors (Lipinski definition) is 0. The highest BCUT2D eigenvalue weighted by Crippen LogP contribution is 2.40. The number of tetrazole rings is 1. The number of fused-ring (bicyclic) bond motifs is 1. The number of aromatic nitrogens is 4. The first kappa shape index (κ1) is 16.3. The molecule has 0 unspecified atom stereocenters. The zero-order valence-corrected chi connectivity index (χ0v) is 13.7. The summed E-state index contributed by atoms with van der Waals surface area (Å²) < 4.78 is 17.3. The Labute approximate surface area is 143 Å². The third-order valence-corrected chi connectivity index (χ3v) is 3.53. The molecule has 8 nitrogen and oxygen atoms in total. The molecule has 24 heavy (non-hydrogen) atoms. The van der Waals surface area contributed by atoms with Crippen LogP contribution in [0.5, 0.6) is 11.5 Å². The van der Waals surface area contributed by atoms with Crippen LogP contribution in [0.15, 0.2) is 18.2 Å². The van der Waals surface area contributed by atoms with Crippen LogP contribution in [0.4, 0.5) is 0 Å². The lowest BCUT2D eigenvalue weighted by atomic mass is 10.2. The molecule has 1 aliphatic rings. The molecule has 0 radical (unpaired) electrons. The zero-order chi connectivity index (χ0) is 16.9. The molecule has 0 saturated carbocycles. The molecule has 1 aromatic heterocycles. The lowest BCUT2D eigenvalue weighted by Gasteiger charge is -2.03. The molecular formula is C15H15ClN4O4. The van der Waals surface area contributed by atoms with Crippen LogP contribution in [0.3, 0.4) is 0 Å². The molecule has 1 aliphatic heterocycles. The van der Waals surface area contributed by atoms with Crippen molar-refractivity contribution >= 4 is 23.6 Å². The fraction of sp³-hybridized carbons (Fsp3) is 0.333. The number of halogens is 1. The van der Waals surface area contributed by atoms with Crippen molar-refractivity contribution in [2.75, 3.05) is 6.79 Å². The van der Waals surface area contributed by atoms with Gasteiger partial charge in [-0.15, -0.1) is 5.10 Å². The van der Waals surface area contributed by atoms with E-state index in [9.17, 15) is 4.79 Å². The average molecular weight is 351 g/mol. The second-order valence-electron chi connectivity index (χ2n) is 5.00. The van der Waals surface area contributed by atoms with E-state index in [4.69, 9.17) is 25.8 Å². The second-order valence-corrected chi connectivity index (χ2v) is 5.40. The van der Waals surface area contributed by atoms with Gasteiger partial charge in [0.2, 0.25) is 6.79 Å². The summed E-state index contributed by atoms with van der Waals surface area (Å²) in [6.07, 6.45) is 3.78. The topological polar surface area (TPSA) is 88.4 Å². The maximum Gasteiger partial charge on any atom is 0.331 e. The van der Waals surface area contributed by atoms with Gasteiger partial charge in [0.1, 0.15) is 0 Å². The normalized spacial score (nSPS) is 12.8. The average Bonchev–Trinajstić information content (AvgIpc) is 3.20.